The molecule has 2 aliphatic heterocycles. The highest BCUT2D eigenvalue weighted by molar-refractivity contribution is 5.97. The summed E-state index contributed by atoms with van der Waals surface area (Å²) in [6.45, 7) is 5.86. The fourth-order valence-electron chi connectivity index (χ4n) is 4.56. The molecule has 2 N–H and O–H groups in total. The van der Waals surface area contributed by atoms with E-state index in [2.05, 4.69) is 19.1 Å². The van der Waals surface area contributed by atoms with E-state index in [1.54, 1.807) is 13.8 Å². The Morgan fingerprint density at radius 2 is 1.62 bits per heavy atom. The molecule has 0 spiro atoms. The van der Waals surface area contributed by atoms with Gasteiger partial charge in [0.15, 0.2) is 11.9 Å². The van der Waals surface area contributed by atoms with Gasteiger partial charge in [0.05, 0.1) is 18.1 Å². The van der Waals surface area contributed by atoms with Gasteiger partial charge in [-0.15, -0.1) is 0 Å². The number of carbonyl (C=O) groups is 2. The number of ether oxygens (including phenoxy) is 3. The molecule has 3 unspecified atom stereocenters. The van der Waals surface area contributed by atoms with Crippen LogP contribution < -0.4 is 0 Å². The van der Waals surface area contributed by atoms with Crippen LogP contribution in [0.25, 0.3) is 0 Å². The molecule has 1 fully saturated rings. The molecule has 34 heavy (non-hydrogen) atoms. The van der Waals surface area contributed by atoms with Crippen LogP contribution in [-0.2, 0) is 23.8 Å². The van der Waals surface area contributed by atoms with Gasteiger partial charge in [-0.3, -0.25) is 4.79 Å². The van der Waals surface area contributed by atoms with Crippen molar-refractivity contribution in [2.45, 2.75) is 122 Å². The average molecular weight is 481 g/mol. The van der Waals surface area contributed by atoms with E-state index in [1.165, 1.54) is 38.5 Å². The van der Waals surface area contributed by atoms with Crippen LogP contribution in [0.4, 0.5) is 0 Å². The number of carboxylic acids is 1. The number of aliphatic hydroxyl groups excluding tert-OH is 1. The van der Waals surface area contributed by atoms with Gasteiger partial charge in [0, 0.05) is 0 Å². The van der Waals surface area contributed by atoms with E-state index in [-0.39, 0.29) is 24.4 Å². The highest BCUT2D eigenvalue weighted by Crippen LogP contribution is 2.36. The summed E-state index contributed by atoms with van der Waals surface area (Å²) in [7, 11) is 0. The van der Waals surface area contributed by atoms with Crippen LogP contribution in [0.3, 0.4) is 0 Å². The van der Waals surface area contributed by atoms with E-state index in [9.17, 15) is 19.8 Å². The standard InChI is InChI=1S/C27H44O7/c1-4-5-6-7-8-9-10-11-12-13-14-15-16-17-18-20(25(29)30)22-23(28)24(33-26(22)31)21-19-32-27(2,3)34-21/h11-12,20-21,24,28H,4-10,13-19H2,1-3H3,(H,29,30). The van der Waals surface area contributed by atoms with Crippen molar-refractivity contribution in [3.05, 3.63) is 23.5 Å². The molecule has 0 aromatic rings. The zero-order valence-electron chi connectivity index (χ0n) is 21.2. The van der Waals surface area contributed by atoms with Crippen molar-refractivity contribution in [2.75, 3.05) is 6.61 Å². The van der Waals surface area contributed by atoms with Crippen molar-refractivity contribution < 1.29 is 34.0 Å². The van der Waals surface area contributed by atoms with Crippen LogP contribution in [-0.4, -0.2) is 46.8 Å². The van der Waals surface area contributed by atoms with Crippen LogP contribution in [0.2, 0.25) is 0 Å². The SMILES string of the molecule is CCCCCCCCC=CCCCCCCC(C(=O)O)C1=C(O)C(C2COC(C)(C)O2)OC1=O. The van der Waals surface area contributed by atoms with Crippen LogP contribution in [0.5, 0.6) is 0 Å². The lowest BCUT2D eigenvalue weighted by molar-refractivity contribution is -0.162. The maximum absolute atomic E-state index is 12.4. The molecule has 0 amide bonds. The summed E-state index contributed by atoms with van der Waals surface area (Å²) in [6.07, 6.45) is 16.9. The van der Waals surface area contributed by atoms with Crippen molar-refractivity contribution in [3.63, 3.8) is 0 Å². The third-order valence-electron chi connectivity index (χ3n) is 6.52. The van der Waals surface area contributed by atoms with Crippen LogP contribution in [0.1, 0.15) is 104 Å². The fourth-order valence-corrected chi connectivity index (χ4v) is 4.56. The lowest BCUT2D eigenvalue weighted by Gasteiger charge is -2.20. The molecule has 0 radical (unpaired) electrons. The molecule has 0 aromatic heterocycles. The Labute approximate surface area is 204 Å². The van der Waals surface area contributed by atoms with Gasteiger partial charge in [-0.05, 0) is 46.0 Å². The molecule has 3 atom stereocenters. The molecule has 1 saturated heterocycles. The topological polar surface area (TPSA) is 102 Å². The number of esters is 1. The Morgan fingerprint density at radius 1 is 1.03 bits per heavy atom. The number of carbonyl (C=O) groups excluding carboxylic acids is 1. The number of hydrogen-bond donors (Lipinski definition) is 2. The smallest absolute Gasteiger partial charge is 0.339 e. The van der Waals surface area contributed by atoms with Crippen LogP contribution >= 0.6 is 0 Å². The number of carboxylic acid groups (broad SMARTS) is 1. The zero-order chi connectivity index (χ0) is 25.0. The van der Waals surface area contributed by atoms with E-state index >= 15 is 0 Å². The van der Waals surface area contributed by atoms with Crippen molar-refractivity contribution in [1.29, 1.82) is 0 Å². The molecule has 194 valence electrons. The Bertz CT molecular complexity index is 710. The van der Waals surface area contributed by atoms with Gasteiger partial charge in [-0.1, -0.05) is 70.4 Å². The zero-order valence-corrected chi connectivity index (χ0v) is 21.2. The van der Waals surface area contributed by atoms with E-state index in [0.29, 0.717) is 6.42 Å². The van der Waals surface area contributed by atoms with E-state index < -0.39 is 35.9 Å². The van der Waals surface area contributed by atoms with Gasteiger partial charge in [-0.25, -0.2) is 4.79 Å². The molecule has 0 bridgehead atoms. The monoisotopic (exact) mass is 480 g/mol. The molecular formula is C27H44O7. The Balaban J connectivity index is 1.68. The maximum Gasteiger partial charge on any atom is 0.339 e. The van der Waals surface area contributed by atoms with E-state index in [0.717, 1.165) is 32.1 Å². The highest BCUT2D eigenvalue weighted by atomic mass is 16.8. The van der Waals surface area contributed by atoms with Crippen molar-refractivity contribution >= 4 is 11.9 Å². The minimum absolute atomic E-state index is 0.150. The van der Waals surface area contributed by atoms with Crippen LogP contribution in [0, 0.1) is 5.92 Å². The van der Waals surface area contributed by atoms with E-state index in [1.807, 2.05) is 0 Å². The second kappa shape index (κ2) is 14.5. The second-order valence-corrected chi connectivity index (χ2v) is 9.90. The predicted molar refractivity (Wildman–Crippen MR) is 130 cm³/mol. The van der Waals surface area contributed by atoms with Gasteiger partial charge < -0.3 is 24.4 Å². The third kappa shape index (κ3) is 9.06. The highest BCUT2D eigenvalue weighted by Gasteiger charge is 2.48. The van der Waals surface area contributed by atoms with Gasteiger partial charge in [0.2, 0.25) is 0 Å². The number of aliphatic carboxylic acids is 1. The minimum Gasteiger partial charge on any atom is -0.508 e. The molecular weight excluding hydrogens is 436 g/mol. The molecule has 2 rings (SSSR count). The summed E-state index contributed by atoms with van der Waals surface area (Å²) in [5.41, 5.74) is -0.150. The summed E-state index contributed by atoms with van der Waals surface area (Å²) >= 11 is 0. The molecule has 0 saturated carbocycles. The lowest BCUT2D eigenvalue weighted by atomic mass is 9.91. The normalized spacial score (nSPS) is 23.1. The van der Waals surface area contributed by atoms with Gasteiger partial charge in [0.1, 0.15) is 11.9 Å². The Morgan fingerprint density at radius 3 is 2.18 bits per heavy atom. The number of hydrogen-bond acceptors (Lipinski definition) is 6. The summed E-state index contributed by atoms with van der Waals surface area (Å²) in [5.74, 6) is -4.15. The molecule has 0 aliphatic carbocycles. The summed E-state index contributed by atoms with van der Waals surface area (Å²) in [6, 6.07) is 0. The average Bonchev–Trinajstić information content (AvgIpc) is 3.29. The maximum atomic E-state index is 12.4. The number of cyclic esters (lactones) is 1. The summed E-state index contributed by atoms with van der Waals surface area (Å²) < 4.78 is 16.4. The Kier molecular flexibility index (Phi) is 12.1. The summed E-state index contributed by atoms with van der Waals surface area (Å²) in [5, 5.41) is 20.3. The van der Waals surface area contributed by atoms with Crippen LogP contribution in [0.15, 0.2) is 23.5 Å². The van der Waals surface area contributed by atoms with E-state index in [4.69, 9.17) is 14.2 Å². The first-order valence-corrected chi connectivity index (χ1v) is 13.1. The second-order valence-electron chi connectivity index (χ2n) is 9.90. The summed E-state index contributed by atoms with van der Waals surface area (Å²) in [4.78, 5) is 24.3. The number of allylic oxidation sites excluding steroid dienone is 2. The first-order chi connectivity index (χ1) is 16.3. The van der Waals surface area contributed by atoms with Crippen molar-refractivity contribution in [1.82, 2.24) is 0 Å². The molecule has 7 heteroatoms. The van der Waals surface area contributed by atoms with Crippen molar-refractivity contribution in [2.24, 2.45) is 5.92 Å². The molecule has 7 nitrogen and oxygen atoms in total. The molecule has 2 heterocycles. The minimum atomic E-state index is -1.12. The predicted octanol–water partition coefficient (Wildman–Crippen LogP) is 6.22. The largest absolute Gasteiger partial charge is 0.508 e. The first kappa shape index (κ1) is 28.4. The number of unbranched alkanes of at least 4 members (excludes halogenated alkanes) is 10. The fraction of sp³-hybridized carbons (Fsp3) is 0.778. The number of aliphatic hydroxyl groups is 1. The van der Waals surface area contributed by atoms with Gasteiger partial charge in [0.25, 0.3) is 0 Å². The van der Waals surface area contributed by atoms with Gasteiger partial charge >= 0.3 is 11.9 Å². The first-order valence-electron chi connectivity index (χ1n) is 13.1. The van der Waals surface area contributed by atoms with Gasteiger partial charge in [-0.2, -0.15) is 0 Å². The quantitative estimate of drug-likeness (QED) is 0.145. The molecule has 0 aromatic carbocycles. The lowest BCUT2D eigenvalue weighted by Crippen LogP contribution is -2.32. The number of rotatable bonds is 17. The third-order valence-corrected chi connectivity index (χ3v) is 6.52. The van der Waals surface area contributed by atoms with Crippen molar-refractivity contribution in [3.8, 4) is 0 Å². The molecule has 2 aliphatic rings. The Hall–Kier alpha value is -1.86.